The fourth-order valence-electron chi connectivity index (χ4n) is 3.03. The van der Waals surface area contributed by atoms with Crippen LogP contribution < -0.4 is 0 Å². The van der Waals surface area contributed by atoms with E-state index in [0.29, 0.717) is 34.2 Å². The van der Waals surface area contributed by atoms with Crippen molar-refractivity contribution in [1.82, 2.24) is 0 Å². The molecule has 3 rings (SSSR count). The first-order chi connectivity index (χ1) is 11.4. The SMILES string of the molecule is CC(C)c1ccc(/C=C2\Cc3c(O)cccc3C2=O)cc1[N+](=O)[O-]. The van der Waals surface area contributed by atoms with E-state index in [1.165, 1.54) is 6.07 Å². The number of hydrogen-bond acceptors (Lipinski definition) is 4. The molecular weight excluding hydrogens is 306 g/mol. The second-order valence-electron chi connectivity index (χ2n) is 6.21. The van der Waals surface area contributed by atoms with Gasteiger partial charge in [0.25, 0.3) is 5.69 Å². The number of phenols is 1. The summed E-state index contributed by atoms with van der Waals surface area (Å²) in [5, 5.41) is 21.2. The highest BCUT2D eigenvalue weighted by Crippen LogP contribution is 2.34. The number of ketones is 1. The predicted molar refractivity (Wildman–Crippen MR) is 91.3 cm³/mol. The topological polar surface area (TPSA) is 80.4 Å². The second kappa shape index (κ2) is 5.92. The average Bonchev–Trinajstić information content (AvgIpc) is 2.85. The molecule has 0 bridgehead atoms. The molecule has 0 radical (unpaired) electrons. The van der Waals surface area contributed by atoms with Gasteiger partial charge < -0.3 is 5.11 Å². The summed E-state index contributed by atoms with van der Waals surface area (Å²) in [6.07, 6.45) is 2.00. The highest BCUT2D eigenvalue weighted by atomic mass is 16.6. The lowest BCUT2D eigenvalue weighted by Gasteiger charge is -2.07. The molecule has 2 aromatic carbocycles. The van der Waals surface area contributed by atoms with Crippen molar-refractivity contribution < 1.29 is 14.8 Å². The van der Waals surface area contributed by atoms with E-state index >= 15 is 0 Å². The molecule has 0 amide bonds. The van der Waals surface area contributed by atoms with Gasteiger partial charge in [-0.05, 0) is 23.6 Å². The van der Waals surface area contributed by atoms with Crippen LogP contribution in [0.3, 0.4) is 0 Å². The summed E-state index contributed by atoms with van der Waals surface area (Å²) in [5.74, 6) is 0.00305. The molecule has 1 aliphatic carbocycles. The number of nitrogens with zero attached hydrogens (tertiary/aromatic N) is 1. The molecule has 5 nitrogen and oxygen atoms in total. The number of fused-ring (bicyclic) bond motifs is 1. The molecule has 24 heavy (non-hydrogen) atoms. The molecule has 0 unspecified atom stereocenters. The molecule has 0 atom stereocenters. The fraction of sp³-hybridized carbons (Fsp3) is 0.211. The van der Waals surface area contributed by atoms with Crippen LogP contribution in [0.2, 0.25) is 0 Å². The second-order valence-corrected chi connectivity index (χ2v) is 6.21. The van der Waals surface area contributed by atoms with Crippen LogP contribution in [0.5, 0.6) is 5.75 Å². The van der Waals surface area contributed by atoms with Crippen molar-refractivity contribution in [3.8, 4) is 5.75 Å². The van der Waals surface area contributed by atoms with Crippen molar-refractivity contribution in [2.24, 2.45) is 0 Å². The van der Waals surface area contributed by atoms with Crippen LogP contribution in [-0.2, 0) is 6.42 Å². The summed E-state index contributed by atoms with van der Waals surface area (Å²) < 4.78 is 0. The normalized spacial score (nSPS) is 15.1. The Hall–Kier alpha value is -2.95. The van der Waals surface area contributed by atoms with Gasteiger partial charge in [-0.3, -0.25) is 14.9 Å². The summed E-state index contributed by atoms with van der Waals surface area (Å²) in [7, 11) is 0. The van der Waals surface area contributed by atoms with E-state index < -0.39 is 4.92 Å². The van der Waals surface area contributed by atoms with Crippen molar-refractivity contribution in [2.75, 3.05) is 0 Å². The Bertz CT molecular complexity index is 881. The minimum atomic E-state index is -0.394. The lowest BCUT2D eigenvalue weighted by molar-refractivity contribution is -0.385. The molecule has 2 aromatic rings. The first-order valence-corrected chi connectivity index (χ1v) is 7.73. The molecule has 0 saturated carbocycles. The van der Waals surface area contributed by atoms with Crippen LogP contribution in [0.4, 0.5) is 5.69 Å². The molecule has 0 aliphatic heterocycles. The van der Waals surface area contributed by atoms with E-state index in [1.54, 1.807) is 36.4 Å². The number of benzene rings is 2. The number of Topliss-reactive ketones (excluding diaryl/α,β-unsaturated/α-hetero) is 1. The van der Waals surface area contributed by atoms with Gasteiger partial charge in [-0.15, -0.1) is 0 Å². The van der Waals surface area contributed by atoms with Crippen LogP contribution in [0.15, 0.2) is 42.0 Å². The Morgan fingerprint density at radius 1 is 1.25 bits per heavy atom. The van der Waals surface area contributed by atoms with Gasteiger partial charge in [-0.2, -0.15) is 0 Å². The zero-order valence-electron chi connectivity index (χ0n) is 13.4. The van der Waals surface area contributed by atoms with Crippen LogP contribution >= 0.6 is 0 Å². The number of rotatable bonds is 3. The Balaban J connectivity index is 2.02. The summed E-state index contributed by atoms with van der Waals surface area (Å²) >= 11 is 0. The van der Waals surface area contributed by atoms with Crippen LogP contribution in [0.25, 0.3) is 6.08 Å². The lowest BCUT2D eigenvalue weighted by atomic mass is 9.98. The Labute approximate surface area is 139 Å². The van der Waals surface area contributed by atoms with Crippen LogP contribution in [0, 0.1) is 10.1 Å². The van der Waals surface area contributed by atoms with Crippen molar-refractivity contribution in [2.45, 2.75) is 26.2 Å². The molecule has 0 saturated heterocycles. The third kappa shape index (κ3) is 2.69. The maximum absolute atomic E-state index is 12.4. The first-order valence-electron chi connectivity index (χ1n) is 7.73. The number of carbonyl (C=O) groups excluding carboxylic acids is 1. The number of nitro benzene ring substituents is 1. The van der Waals surface area contributed by atoms with Crippen molar-refractivity contribution in [1.29, 1.82) is 0 Å². The third-order valence-corrected chi connectivity index (χ3v) is 4.27. The zero-order valence-corrected chi connectivity index (χ0v) is 13.4. The zero-order chi connectivity index (χ0) is 17.4. The summed E-state index contributed by atoms with van der Waals surface area (Å²) in [6.45, 7) is 3.81. The summed E-state index contributed by atoms with van der Waals surface area (Å²) in [5.41, 5.74) is 2.97. The van der Waals surface area contributed by atoms with Crippen molar-refractivity contribution in [3.63, 3.8) is 0 Å². The largest absolute Gasteiger partial charge is 0.508 e. The van der Waals surface area contributed by atoms with Crippen molar-refractivity contribution >= 4 is 17.5 Å². The Morgan fingerprint density at radius 3 is 2.62 bits per heavy atom. The number of carbonyl (C=O) groups is 1. The van der Waals surface area contributed by atoms with Crippen LogP contribution in [0.1, 0.15) is 46.8 Å². The summed E-state index contributed by atoms with van der Waals surface area (Å²) in [6, 6.07) is 9.89. The van der Waals surface area contributed by atoms with Gasteiger partial charge in [0.15, 0.2) is 5.78 Å². The molecule has 122 valence electrons. The van der Waals surface area contributed by atoms with Gasteiger partial charge in [0.2, 0.25) is 0 Å². The molecule has 0 spiro atoms. The van der Waals surface area contributed by atoms with E-state index in [-0.39, 0.29) is 23.1 Å². The maximum Gasteiger partial charge on any atom is 0.273 e. The van der Waals surface area contributed by atoms with Crippen LogP contribution in [-0.4, -0.2) is 15.8 Å². The highest BCUT2D eigenvalue weighted by molar-refractivity contribution is 6.16. The average molecular weight is 323 g/mol. The molecule has 0 fully saturated rings. The number of nitro groups is 1. The molecular formula is C19H17NO4. The summed E-state index contributed by atoms with van der Waals surface area (Å²) in [4.78, 5) is 23.3. The molecule has 0 heterocycles. The fourth-order valence-corrected chi connectivity index (χ4v) is 3.03. The minimum Gasteiger partial charge on any atom is -0.508 e. The molecule has 1 aliphatic rings. The first kappa shape index (κ1) is 15.9. The van der Waals surface area contributed by atoms with E-state index in [1.807, 2.05) is 13.8 Å². The van der Waals surface area contributed by atoms with E-state index in [4.69, 9.17) is 0 Å². The minimum absolute atomic E-state index is 0.0430. The van der Waals surface area contributed by atoms with E-state index in [2.05, 4.69) is 0 Å². The third-order valence-electron chi connectivity index (χ3n) is 4.27. The molecule has 1 N–H and O–H groups in total. The lowest BCUT2D eigenvalue weighted by Crippen LogP contribution is -1.99. The van der Waals surface area contributed by atoms with Gasteiger partial charge >= 0.3 is 0 Å². The highest BCUT2D eigenvalue weighted by Gasteiger charge is 2.27. The smallest absolute Gasteiger partial charge is 0.273 e. The van der Waals surface area contributed by atoms with E-state index in [9.17, 15) is 20.0 Å². The molecule has 0 aromatic heterocycles. The monoisotopic (exact) mass is 323 g/mol. The Morgan fingerprint density at radius 2 is 2.00 bits per heavy atom. The number of aromatic hydroxyl groups is 1. The van der Waals surface area contributed by atoms with Gasteiger partial charge in [0, 0.05) is 34.8 Å². The number of hydrogen-bond donors (Lipinski definition) is 1. The molecule has 5 heteroatoms. The number of phenolic OH excluding ortho intramolecular Hbond substituents is 1. The Kier molecular flexibility index (Phi) is 3.93. The van der Waals surface area contributed by atoms with Gasteiger partial charge in [0.1, 0.15) is 5.75 Å². The van der Waals surface area contributed by atoms with E-state index in [0.717, 1.165) is 0 Å². The van der Waals surface area contributed by atoms with Gasteiger partial charge in [-0.1, -0.05) is 38.1 Å². The standard InChI is InChI=1S/C19H17NO4/c1-11(2)14-7-6-12(9-17(14)20(23)24)8-13-10-16-15(19(13)22)4-3-5-18(16)21/h3-9,11,21H,10H2,1-2H3/b13-8+. The number of allylic oxidation sites excluding steroid dienone is 1. The van der Waals surface area contributed by atoms with Gasteiger partial charge in [-0.25, -0.2) is 0 Å². The maximum atomic E-state index is 12.4. The van der Waals surface area contributed by atoms with Crippen molar-refractivity contribution in [3.05, 3.63) is 74.3 Å². The predicted octanol–water partition coefficient (Wildman–Crippen LogP) is 4.25. The quantitative estimate of drug-likeness (QED) is 0.520. The van der Waals surface area contributed by atoms with Gasteiger partial charge in [0.05, 0.1) is 4.92 Å².